The highest BCUT2D eigenvalue weighted by molar-refractivity contribution is 6.76. The number of carbonyl (C=O) groups is 1. The lowest BCUT2D eigenvalue weighted by Gasteiger charge is -2.27. The number of anilines is 1. The third-order valence-electron chi connectivity index (χ3n) is 5.46. The molecule has 0 unspecified atom stereocenters. The van der Waals surface area contributed by atoms with Crippen LogP contribution in [0.1, 0.15) is 27.2 Å². The average molecular weight is 448 g/mol. The fraction of sp³-hybridized carbons (Fsp3) is 0.682. The summed E-state index contributed by atoms with van der Waals surface area (Å²) in [5.41, 5.74) is 0.381. The zero-order valence-corrected chi connectivity index (χ0v) is 21.0. The Kier molecular flexibility index (Phi) is 6.95. The van der Waals surface area contributed by atoms with Crippen LogP contribution >= 0.6 is 0 Å². The highest BCUT2D eigenvalue weighted by Gasteiger charge is 2.32. The molecule has 172 valence electrons. The van der Waals surface area contributed by atoms with Crippen LogP contribution in [-0.2, 0) is 16.2 Å². The zero-order valence-electron chi connectivity index (χ0n) is 20.0. The molecule has 2 aromatic heterocycles. The summed E-state index contributed by atoms with van der Waals surface area (Å²) < 4.78 is 13.5. The van der Waals surface area contributed by atoms with Gasteiger partial charge < -0.3 is 23.8 Å². The SMILES string of the molecule is CN(c1ncnc2c1ccn2COCC[Si](C)(C)C)[C@H]1CCN(C(=O)OC(C)(C)C)C1. The standard InChI is InChI=1S/C22H37N5O3Si/c1-22(2,3)30-21(28)26-10-8-17(14-26)25(4)19-18-9-11-27(20(18)24-15-23-19)16-29-12-13-31(5,6)7/h9,11,15,17H,8,10,12-14,16H2,1-7H3/t17-/m0/s1. The number of nitrogens with zero attached hydrogens (tertiary/aromatic N) is 5. The van der Waals surface area contributed by atoms with Gasteiger partial charge in [0.25, 0.3) is 0 Å². The number of hydrogen-bond donors (Lipinski definition) is 0. The molecular weight excluding hydrogens is 410 g/mol. The summed E-state index contributed by atoms with van der Waals surface area (Å²) in [6.07, 6.45) is 4.24. The lowest BCUT2D eigenvalue weighted by atomic mass is 10.2. The molecule has 0 saturated carbocycles. The van der Waals surface area contributed by atoms with Gasteiger partial charge in [0, 0.05) is 47.1 Å². The van der Waals surface area contributed by atoms with E-state index in [1.807, 2.05) is 44.6 Å². The van der Waals surface area contributed by atoms with Crippen molar-refractivity contribution in [3.05, 3.63) is 18.6 Å². The molecule has 1 aliphatic heterocycles. The third kappa shape index (κ3) is 6.19. The first-order valence-electron chi connectivity index (χ1n) is 11.0. The van der Waals surface area contributed by atoms with Gasteiger partial charge in [-0.2, -0.15) is 0 Å². The molecule has 0 spiro atoms. The number of likely N-dealkylation sites (N-methyl/N-ethyl adjacent to an activating group) is 1. The second-order valence-corrected chi connectivity index (χ2v) is 16.2. The molecule has 0 radical (unpaired) electrons. The van der Waals surface area contributed by atoms with Crippen molar-refractivity contribution >= 4 is 31.0 Å². The quantitative estimate of drug-likeness (QED) is 0.468. The number of amides is 1. The summed E-state index contributed by atoms with van der Waals surface area (Å²) in [4.78, 5) is 25.4. The Morgan fingerprint density at radius 1 is 1.29 bits per heavy atom. The van der Waals surface area contributed by atoms with E-state index in [9.17, 15) is 4.79 Å². The predicted molar refractivity (Wildman–Crippen MR) is 126 cm³/mol. The molecule has 2 aromatic rings. The highest BCUT2D eigenvalue weighted by atomic mass is 28.3. The topological polar surface area (TPSA) is 72.7 Å². The Morgan fingerprint density at radius 3 is 2.71 bits per heavy atom. The molecule has 1 saturated heterocycles. The molecule has 1 aliphatic rings. The van der Waals surface area contributed by atoms with Crippen molar-refractivity contribution in [2.75, 3.05) is 31.6 Å². The molecule has 0 bridgehead atoms. The number of likely N-dealkylation sites (tertiary alicyclic amines) is 1. The molecule has 1 atom stereocenters. The Hall–Kier alpha value is -2.13. The first kappa shape index (κ1) is 23.5. The largest absolute Gasteiger partial charge is 0.444 e. The van der Waals surface area contributed by atoms with Gasteiger partial charge in [0.1, 0.15) is 30.1 Å². The minimum Gasteiger partial charge on any atom is -0.444 e. The maximum absolute atomic E-state index is 12.4. The summed E-state index contributed by atoms with van der Waals surface area (Å²) in [6.45, 7) is 15.3. The fourth-order valence-corrected chi connectivity index (χ4v) is 4.40. The molecule has 8 nitrogen and oxygen atoms in total. The molecule has 1 amide bonds. The van der Waals surface area contributed by atoms with E-state index < -0.39 is 13.7 Å². The molecule has 9 heteroatoms. The Balaban J connectivity index is 1.66. The molecule has 3 rings (SSSR count). The van der Waals surface area contributed by atoms with E-state index in [1.165, 1.54) is 0 Å². The average Bonchev–Trinajstić information content (AvgIpc) is 3.30. The molecular formula is C22H37N5O3Si. The first-order valence-corrected chi connectivity index (χ1v) is 14.7. The fourth-order valence-electron chi connectivity index (χ4n) is 3.64. The summed E-state index contributed by atoms with van der Waals surface area (Å²) >= 11 is 0. The monoisotopic (exact) mass is 447 g/mol. The van der Waals surface area contributed by atoms with E-state index in [0.717, 1.165) is 35.9 Å². The molecule has 31 heavy (non-hydrogen) atoms. The van der Waals surface area contributed by atoms with Crippen LogP contribution < -0.4 is 4.90 Å². The van der Waals surface area contributed by atoms with E-state index in [2.05, 4.69) is 34.5 Å². The van der Waals surface area contributed by atoms with Crippen LogP contribution in [0.25, 0.3) is 11.0 Å². The lowest BCUT2D eigenvalue weighted by Crippen LogP contribution is -2.39. The number of hydrogen-bond acceptors (Lipinski definition) is 6. The van der Waals surface area contributed by atoms with E-state index >= 15 is 0 Å². The summed E-state index contributed by atoms with van der Waals surface area (Å²) in [7, 11) is 0.932. The summed E-state index contributed by atoms with van der Waals surface area (Å²) in [5.74, 6) is 0.877. The van der Waals surface area contributed by atoms with Crippen LogP contribution in [0.15, 0.2) is 18.6 Å². The molecule has 1 fully saturated rings. The number of fused-ring (bicyclic) bond motifs is 1. The van der Waals surface area contributed by atoms with Gasteiger partial charge in [0.2, 0.25) is 0 Å². The van der Waals surface area contributed by atoms with Gasteiger partial charge in [-0.1, -0.05) is 19.6 Å². The molecule has 0 aromatic carbocycles. The second kappa shape index (κ2) is 9.16. The first-order chi connectivity index (χ1) is 14.4. The van der Waals surface area contributed by atoms with Crippen LogP contribution in [0.5, 0.6) is 0 Å². The summed E-state index contributed by atoms with van der Waals surface area (Å²) in [5, 5.41) is 0.995. The third-order valence-corrected chi connectivity index (χ3v) is 7.16. The highest BCUT2D eigenvalue weighted by Crippen LogP contribution is 2.28. The van der Waals surface area contributed by atoms with Crippen LogP contribution in [-0.4, -0.2) is 72.0 Å². The number of ether oxygens (including phenoxy) is 2. The Bertz CT molecular complexity index is 903. The van der Waals surface area contributed by atoms with Crippen molar-refractivity contribution in [3.8, 4) is 0 Å². The van der Waals surface area contributed by atoms with Crippen LogP contribution in [0, 0.1) is 0 Å². The van der Waals surface area contributed by atoms with Gasteiger partial charge in [-0.3, -0.25) is 0 Å². The van der Waals surface area contributed by atoms with Gasteiger partial charge in [-0.05, 0) is 39.3 Å². The van der Waals surface area contributed by atoms with Crippen LogP contribution in [0.2, 0.25) is 25.7 Å². The predicted octanol–water partition coefficient (Wildman–Crippen LogP) is 4.19. The number of carbonyl (C=O) groups excluding carboxylic acids is 1. The molecule has 0 aliphatic carbocycles. The van der Waals surface area contributed by atoms with Crippen LogP contribution in [0.4, 0.5) is 10.6 Å². The van der Waals surface area contributed by atoms with Gasteiger partial charge in [0.15, 0.2) is 0 Å². The Labute approximate surface area is 186 Å². The van der Waals surface area contributed by atoms with Crippen molar-refractivity contribution in [3.63, 3.8) is 0 Å². The molecule has 0 N–H and O–H groups in total. The smallest absolute Gasteiger partial charge is 0.410 e. The minimum absolute atomic E-state index is 0.182. The second-order valence-electron chi connectivity index (χ2n) is 10.5. The van der Waals surface area contributed by atoms with Crippen LogP contribution in [0.3, 0.4) is 0 Å². The van der Waals surface area contributed by atoms with E-state index in [-0.39, 0.29) is 12.1 Å². The number of rotatable bonds is 7. The van der Waals surface area contributed by atoms with Crippen molar-refractivity contribution in [1.82, 2.24) is 19.4 Å². The van der Waals surface area contributed by atoms with E-state index in [1.54, 1.807) is 11.2 Å². The Morgan fingerprint density at radius 2 is 2.03 bits per heavy atom. The van der Waals surface area contributed by atoms with Gasteiger partial charge in [0.05, 0.1) is 5.39 Å². The van der Waals surface area contributed by atoms with E-state index in [4.69, 9.17) is 9.47 Å². The van der Waals surface area contributed by atoms with Crippen molar-refractivity contribution in [2.24, 2.45) is 0 Å². The normalized spacial score (nSPS) is 17.4. The maximum atomic E-state index is 12.4. The van der Waals surface area contributed by atoms with Gasteiger partial charge in [-0.25, -0.2) is 14.8 Å². The van der Waals surface area contributed by atoms with Crippen molar-refractivity contribution in [1.29, 1.82) is 0 Å². The summed E-state index contributed by atoms with van der Waals surface area (Å²) in [6, 6.07) is 3.37. The van der Waals surface area contributed by atoms with E-state index in [0.29, 0.717) is 19.8 Å². The van der Waals surface area contributed by atoms with Gasteiger partial charge in [-0.15, -0.1) is 0 Å². The zero-order chi connectivity index (χ0) is 22.8. The minimum atomic E-state index is -1.10. The van der Waals surface area contributed by atoms with Gasteiger partial charge >= 0.3 is 6.09 Å². The van der Waals surface area contributed by atoms with Crippen molar-refractivity contribution < 1.29 is 14.3 Å². The van der Waals surface area contributed by atoms with Crippen molar-refractivity contribution in [2.45, 2.75) is 71.3 Å². The lowest BCUT2D eigenvalue weighted by molar-refractivity contribution is 0.0292. The molecule has 3 heterocycles. The maximum Gasteiger partial charge on any atom is 0.410 e. The number of aromatic nitrogens is 3.